The predicted molar refractivity (Wildman–Crippen MR) is 103 cm³/mol. The van der Waals surface area contributed by atoms with E-state index in [-0.39, 0.29) is 12.0 Å². The molecule has 1 atom stereocenters. The molecule has 1 aliphatic heterocycles. The van der Waals surface area contributed by atoms with E-state index in [0.29, 0.717) is 28.6 Å². The lowest BCUT2D eigenvalue weighted by Crippen LogP contribution is -2.16. The lowest BCUT2D eigenvalue weighted by Gasteiger charge is -2.13. The van der Waals surface area contributed by atoms with E-state index in [1.165, 1.54) is 0 Å². The normalized spacial score (nSPS) is 16.8. The van der Waals surface area contributed by atoms with Gasteiger partial charge in [0, 0.05) is 27.0 Å². The Kier molecular flexibility index (Phi) is 5.97. The summed E-state index contributed by atoms with van der Waals surface area (Å²) in [5, 5.41) is 3.42. The average molecular weight is 458 g/mol. The smallest absolute Gasteiger partial charge is 0.256 e. The van der Waals surface area contributed by atoms with Gasteiger partial charge in [0.05, 0.1) is 11.7 Å². The Morgan fingerprint density at radius 1 is 1.33 bits per heavy atom. The van der Waals surface area contributed by atoms with Crippen molar-refractivity contribution in [3.63, 3.8) is 0 Å². The van der Waals surface area contributed by atoms with Gasteiger partial charge in [0.1, 0.15) is 12.4 Å². The van der Waals surface area contributed by atoms with Crippen molar-refractivity contribution in [3.05, 3.63) is 56.6 Å². The van der Waals surface area contributed by atoms with Gasteiger partial charge in [-0.1, -0.05) is 17.7 Å². The Bertz CT molecular complexity index is 732. The first-order valence-corrected chi connectivity index (χ1v) is 9.18. The van der Waals surface area contributed by atoms with Crippen molar-refractivity contribution in [2.45, 2.75) is 18.9 Å². The minimum atomic E-state index is -0.196. The Balaban J connectivity index is 1.65. The minimum Gasteiger partial charge on any atom is -0.491 e. The molecular weight excluding hydrogens is 441 g/mol. The summed E-state index contributed by atoms with van der Waals surface area (Å²) in [5.41, 5.74) is 1.23. The van der Waals surface area contributed by atoms with Crippen LogP contribution in [0.15, 0.2) is 42.5 Å². The van der Waals surface area contributed by atoms with Crippen LogP contribution in [0, 0.1) is 3.57 Å². The molecule has 1 fully saturated rings. The molecule has 0 spiro atoms. The molecule has 2 aromatic carbocycles. The second kappa shape index (κ2) is 8.18. The predicted octanol–water partition coefficient (Wildman–Crippen LogP) is 4.75. The van der Waals surface area contributed by atoms with E-state index in [9.17, 15) is 4.79 Å². The molecule has 4 nitrogen and oxygen atoms in total. The van der Waals surface area contributed by atoms with Crippen LogP contribution in [0.25, 0.3) is 0 Å². The maximum absolute atomic E-state index is 12.4. The first kappa shape index (κ1) is 17.5. The molecule has 126 valence electrons. The zero-order valence-electron chi connectivity index (χ0n) is 12.9. The third-order valence-corrected chi connectivity index (χ3v) is 4.90. The summed E-state index contributed by atoms with van der Waals surface area (Å²) in [4.78, 5) is 12.4. The van der Waals surface area contributed by atoms with Crippen LogP contribution in [-0.2, 0) is 4.74 Å². The fraction of sp³-hybridized carbons (Fsp3) is 0.278. The molecule has 24 heavy (non-hydrogen) atoms. The highest BCUT2D eigenvalue weighted by molar-refractivity contribution is 14.1. The van der Waals surface area contributed by atoms with Crippen LogP contribution in [0.1, 0.15) is 23.2 Å². The van der Waals surface area contributed by atoms with Gasteiger partial charge in [0.2, 0.25) is 0 Å². The number of carbonyl (C=O) groups is 1. The monoisotopic (exact) mass is 457 g/mol. The van der Waals surface area contributed by atoms with E-state index in [4.69, 9.17) is 21.1 Å². The minimum absolute atomic E-state index is 0.163. The van der Waals surface area contributed by atoms with Crippen molar-refractivity contribution in [2.75, 3.05) is 18.5 Å². The molecule has 1 saturated heterocycles. The summed E-state index contributed by atoms with van der Waals surface area (Å²) >= 11 is 8.10. The van der Waals surface area contributed by atoms with Crippen LogP contribution in [0.2, 0.25) is 5.02 Å². The number of hydrogen-bond donors (Lipinski definition) is 1. The van der Waals surface area contributed by atoms with Gasteiger partial charge >= 0.3 is 0 Å². The first-order valence-electron chi connectivity index (χ1n) is 7.73. The summed E-state index contributed by atoms with van der Waals surface area (Å²) in [6.45, 7) is 1.34. The average Bonchev–Trinajstić information content (AvgIpc) is 3.09. The fourth-order valence-corrected chi connectivity index (χ4v) is 3.25. The quantitative estimate of drug-likeness (QED) is 0.659. The first-order chi connectivity index (χ1) is 11.6. The van der Waals surface area contributed by atoms with Gasteiger partial charge in [-0.3, -0.25) is 4.79 Å². The van der Waals surface area contributed by atoms with Gasteiger partial charge in [-0.25, -0.2) is 0 Å². The lowest BCUT2D eigenvalue weighted by molar-refractivity contribution is 0.0680. The molecule has 3 rings (SSSR count). The van der Waals surface area contributed by atoms with Crippen LogP contribution in [-0.4, -0.2) is 25.2 Å². The SMILES string of the molecule is O=C(Nc1cccc(OCC2CCCO2)c1)c1cc(Cl)ccc1I. The summed E-state index contributed by atoms with van der Waals surface area (Å²) in [6, 6.07) is 12.6. The molecule has 1 N–H and O–H groups in total. The molecule has 1 heterocycles. The molecule has 0 radical (unpaired) electrons. The Morgan fingerprint density at radius 2 is 2.21 bits per heavy atom. The third-order valence-electron chi connectivity index (χ3n) is 3.72. The summed E-state index contributed by atoms with van der Waals surface area (Å²) in [5.74, 6) is 0.516. The lowest BCUT2D eigenvalue weighted by atomic mass is 10.2. The van der Waals surface area contributed by atoms with E-state index >= 15 is 0 Å². The van der Waals surface area contributed by atoms with E-state index in [1.54, 1.807) is 12.1 Å². The van der Waals surface area contributed by atoms with Crippen molar-refractivity contribution in [1.82, 2.24) is 0 Å². The maximum atomic E-state index is 12.4. The standard InChI is InChI=1S/C18H17ClINO3/c19-12-6-7-17(20)16(9-12)18(22)21-13-3-1-4-14(10-13)24-11-15-5-2-8-23-15/h1,3-4,6-7,9-10,15H,2,5,8,11H2,(H,21,22). The number of carbonyl (C=O) groups excluding carboxylic acids is 1. The van der Waals surface area contributed by atoms with E-state index in [1.807, 2.05) is 30.3 Å². The zero-order valence-corrected chi connectivity index (χ0v) is 15.8. The Hall–Kier alpha value is -1.31. The number of rotatable bonds is 5. The Labute approximate surface area is 159 Å². The number of anilines is 1. The molecule has 0 saturated carbocycles. The van der Waals surface area contributed by atoms with Crippen LogP contribution in [0.5, 0.6) is 5.75 Å². The molecule has 1 aliphatic rings. The molecular formula is C18H17ClINO3. The van der Waals surface area contributed by atoms with Gasteiger partial charge in [-0.05, 0) is 65.8 Å². The number of nitrogens with one attached hydrogen (secondary N) is 1. The van der Waals surface area contributed by atoms with E-state index < -0.39 is 0 Å². The highest BCUT2D eigenvalue weighted by Crippen LogP contribution is 2.22. The van der Waals surface area contributed by atoms with Crippen LogP contribution < -0.4 is 10.1 Å². The van der Waals surface area contributed by atoms with Gasteiger partial charge < -0.3 is 14.8 Å². The van der Waals surface area contributed by atoms with Crippen LogP contribution in [0.3, 0.4) is 0 Å². The van der Waals surface area contributed by atoms with Crippen molar-refractivity contribution < 1.29 is 14.3 Å². The topological polar surface area (TPSA) is 47.6 Å². The van der Waals surface area contributed by atoms with Crippen LogP contribution >= 0.6 is 34.2 Å². The zero-order chi connectivity index (χ0) is 16.9. The second-order valence-electron chi connectivity index (χ2n) is 5.55. The maximum Gasteiger partial charge on any atom is 0.256 e. The van der Waals surface area contributed by atoms with Gasteiger partial charge in [-0.15, -0.1) is 0 Å². The number of ether oxygens (including phenoxy) is 2. The molecule has 0 bridgehead atoms. The highest BCUT2D eigenvalue weighted by Gasteiger charge is 2.16. The fourth-order valence-electron chi connectivity index (χ4n) is 2.50. The van der Waals surface area contributed by atoms with Gasteiger partial charge in [-0.2, -0.15) is 0 Å². The number of hydrogen-bond acceptors (Lipinski definition) is 3. The summed E-state index contributed by atoms with van der Waals surface area (Å²) in [7, 11) is 0. The van der Waals surface area contributed by atoms with Crippen molar-refractivity contribution in [1.29, 1.82) is 0 Å². The van der Waals surface area contributed by atoms with Crippen molar-refractivity contribution >= 4 is 45.8 Å². The van der Waals surface area contributed by atoms with Gasteiger partial charge in [0.25, 0.3) is 5.91 Å². The number of halogens is 2. The molecule has 0 aromatic heterocycles. The van der Waals surface area contributed by atoms with E-state index in [2.05, 4.69) is 27.9 Å². The van der Waals surface area contributed by atoms with Gasteiger partial charge in [0.15, 0.2) is 0 Å². The molecule has 1 unspecified atom stereocenters. The third kappa shape index (κ3) is 4.62. The molecule has 0 aliphatic carbocycles. The second-order valence-corrected chi connectivity index (χ2v) is 7.15. The molecule has 1 amide bonds. The largest absolute Gasteiger partial charge is 0.491 e. The molecule has 6 heteroatoms. The summed E-state index contributed by atoms with van der Waals surface area (Å²) < 4.78 is 12.2. The molecule has 2 aromatic rings. The van der Waals surface area contributed by atoms with Crippen molar-refractivity contribution in [3.8, 4) is 5.75 Å². The van der Waals surface area contributed by atoms with Crippen molar-refractivity contribution in [2.24, 2.45) is 0 Å². The Morgan fingerprint density at radius 3 is 3.00 bits per heavy atom. The number of amides is 1. The number of benzene rings is 2. The van der Waals surface area contributed by atoms with E-state index in [0.717, 1.165) is 23.0 Å². The summed E-state index contributed by atoms with van der Waals surface area (Å²) in [6.07, 6.45) is 2.28. The highest BCUT2D eigenvalue weighted by atomic mass is 127. The van der Waals surface area contributed by atoms with Crippen LogP contribution in [0.4, 0.5) is 5.69 Å².